The zero-order valence-corrected chi connectivity index (χ0v) is 20.6. The number of amides is 1. The Morgan fingerprint density at radius 2 is 2.00 bits per heavy atom. The lowest BCUT2D eigenvalue weighted by molar-refractivity contribution is -0.138. The highest BCUT2D eigenvalue weighted by atomic mass is 35.5. The van der Waals surface area contributed by atoms with Crippen LogP contribution in [0.5, 0.6) is 0 Å². The third kappa shape index (κ3) is 5.73. The standard InChI is InChI=1S/C24H36Cl2N2O3/c1-14-17-7-5-6-16(8-10-24(3,4)31)18(17)9-11-28(14)21(30)12-19-20(25)13-27-23(15(2)29)22(19)26/h13-18,29,31H,5-12H2,1-4H3/t14-,15-,16-,17+,18-/m0/s1. The van der Waals surface area contributed by atoms with Gasteiger partial charge >= 0.3 is 0 Å². The SMILES string of the molecule is C[C@H](O)c1ncc(Cl)c(CC(=O)N2CC[C@H]3[C@H](CCC(C)(C)O)CCC[C@@H]3[C@@H]2C)c1Cl. The molecule has 5 nitrogen and oxygen atoms in total. The third-order valence-corrected chi connectivity index (χ3v) is 8.10. The molecule has 1 aliphatic carbocycles. The van der Waals surface area contributed by atoms with Gasteiger partial charge in [-0.15, -0.1) is 0 Å². The number of halogens is 2. The van der Waals surface area contributed by atoms with E-state index >= 15 is 0 Å². The second-order valence-electron chi connectivity index (χ2n) is 10.1. The fourth-order valence-electron chi connectivity index (χ4n) is 5.64. The predicted octanol–water partition coefficient (Wildman–Crippen LogP) is 5.19. The van der Waals surface area contributed by atoms with Crippen LogP contribution < -0.4 is 0 Å². The normalized spacial score (nSPS) is 27.7. The average molecular weight is 471 g/mol. The maximum absolute atomic E-state index is 13.3. The van der Waals surface area contributed by atoms with E-state index in [1.54, 1.807) is 6.92 Å². The van der Waals surface area contributed by atoms with Crippen molar-refractivity contribution in [3.63, 3.8) is 0 Å². The number of rotatable bonds is 6. The number of aliphatic hydroxyl groups is 2. The smallest absolute Gasteiger partial charge is 0.227 e. The summed E-state index contributed by atoms with van der Waals surface area (Å²) in [5.74, 6) is 1.76. The van der Waals surface area contributed by atoms with Crippen LogP contribution in [0.1, 0.15) is 83.6 Å². The molecule has 1 aromatic heterocycles. The summed E-state index contributed by atoms with van der Waals surface area (Å²) in [6.07, 6.45) is 7.19. The Bertz CT molecular complexity index is 794. The number of carbonyl (C=O) groups excluding carboxylic acids is 1. The molecular weight excluding hydrogens is 435 g/mol. The molecule has 0 spiro atoms. The first-order valence-electron chi connectivity index (χ1n) is 11.5. The van der Waals surface area contributed by atoms with Crippen LogP contribution in [0.3, 0.4) is 0 Å². The van der Waals surface area contributed by atoms with Crippen LogP contribution in [0, 0.1) is 17.8 Å². The molecule has 3 rings (SSSR count). The van der Waals surface area contributed by atoms with Crippen LogP contribution in [0.25, 0.3) is 0 Å². The van der Waals surface area contributed by atoms with Crippen molar-refractivity contribution < 1.29 is 15.0 Å². The number of piperidine rings is 1. The minimum atomic E-state index is -0.823. The molecule has 0 radical (unpaired) electrons. The van der Waals surface area contributed by atoms with Gasteiger partial charge in [0.15, 0.2) is 0 Å². The van der Waals surface area contributed by atoms with Crippen LogP contribution >= 0.6 is 23.2 Å². The molecule has 31 heavy (non-hydrogen) atoms. The minimum Gasteiger partial charge on any atom is -0.390 e. The fraction of sp³-hybridized carbons (Fsp3) is 0.750. The molecule has 7 heteroatoms. The first-order chi connectivity index (χ1) is 14.5. The summed E-state index contributed by atoms with van der Waals surface area (Å²) in [5.41, 5.74) is 0.270. The quantitative estimate of drug-likeness (QED) is 0.599. The van der Waals surface area contributed by atoms with Crippen LogP contribution in [0.15, 0.2) is 6.20 Å². The van der Waals surface area contributed by atoms with E-state index in [1.807, 2.05) is 18.7 Å². The summed E-state index contributed by atoms with van der Waals surface area (Å²) >= 11 is 12.7. The largest absolute Gasteiger partial charge is 0.390 e. The van der Waals surface area contributed by atoms with Crippen molar-refractivity contribution in [1.82, 2.24) is 9.88 Å². The molecule has 1 aromatic rings. The first kappa shape index (κ1) is 24.8. The summed E-state index contributed by atoms with van der Waals surface area (Å²) in [4.78, 5) is 19.4. The average Bonchev–Trinajstić information content (AvgIpc) is 2.69. The number of hydrogen-bond donors (Lipinski definition) is 2. The number of aromatic nitrogens is 1. The van der Waals surface area contributed by atoms with Crippen molar-refractivity contribution in [2.24, 2.45) is 17.8 Å². The van der Waals surface area contributed by atoms with Gasteiger partial charge in [-0.2, -0.15) is 0 Å². The molecule has 2 fully saturated rings. The minimum absolute atomic E-state index is 0.0242. The van der Waals surface area contributed by atoms with Crippen molar-refractivity contribution in [3.8, 4) is 0 Å². The van der Waals surface area contributed by atoms with Gasteiger partial charge in [0.1, 0.15) is 0 Å². The van der Waals surface area contributed by atoms with Crippen molar-refractivity contribution in [1.29, 1.82) is 0 Å². The lowest BCUT2D eigenvalue weighted by Crippen LogP contribution is -2.53. The van der Waals surface area contributed by atoms with E-state index < -0.39 is 11.7 Å². The molecule has 0 unspecified atom stereocenters. The van der Waals surface area contributed by atoms with Gasteiger partial charge in [-0.25, -0.2) is 0 Å². The first-order valence-corrected chi connectivity index (χ1v) is 12.3. The van der Waals surface area contributed by atoms with Gasteiger partial charge in [-0.05, 0) is 71.1 Å². The molecule has 2 heterocycles. The van der Waals surface area contributed by atoms with Gasteiger partial charge < -0.3 is 15.1 Å². The van der Waals surface area contributed by atoms with Crippen molar-refractivity contribution in [3.05, 3.63) is 27.5 Å². The Hall–Kier alpha value is -0.880. The number of hydrogen-bond acceptors (Lipinski definition) is 4. The van der Waals surface area contributed by atoms with Crippen LogP contribution in [0.4, 0.5) is 0 Å². The van der Waals surface area contributed by atoms with Gasteiger partial charge in [0, 0.05) is 24.3 Å². The summed E-state index contributed by atoms with van der Waals surface area (Å²) in [6, 6.07) is 0.173. The Balaban J connectivity index is 1.71. The number of aliphatic hydroxyl groups excluding tert-OH is 1. The maximum Gasteiger partial charge on any atom is 0.227 e. The lowest BCUT2D eigenvalue weighted by Gasteiger charge is -2.50. The second-order valence-corrected chi connectivity index (χ2v) is 10.9. The molecule has 1 saturated carbocycles. The van der Waals surface area contributed by atoms with E-state index in [2.05, 4.69) is 11.9 Å². The zero-order chi connectivity index (χ0) is 22.9. The highest BCUT2D eigenvalue weighted by Gasteiger charge is 2.42. The van der Waals surface area contributed by atoms with E-state index in [-0.39, 0.29) is 23.4 Å². The van der Waals surface area contributed by atoms with E-state index in [0.717, 1.165) is 32.2 Å². The fourth-order valence-corrected chi connectivity index (χ4v) is 6.27. The molecule has 1 aliphatic heterocycles. The Morgan fingerprint density at radius 3 is 2.65 bits per heavy atom. The zero-order valence-electron chi connectivity index (χ0n) is 19.1. The highest BCUT2D eigenvalue weighted by Crippen LogP contribution is 2.45. The molecule has 1 saturated heterocycles. The molecule has 2 N–H and O–H groups in total. The van der Waals surface area contributed by atoms with Crippen molar-refractivity contribution >= 4 is 29.1 Å². The molecule has 5 atom stereocenters. The number of pyridine rings is 1. The van der Waals surface area contributed by atoms with Gasteiger partial charge in [0.05, 0.1) is 33.9 Å². The van der Waals surface area contributed by atoms with Gasteiger partial charge in [-0.1, -0.05) is 36.0 Å². The van der Waals surface area contributed by atoms with Crippen molar-refractivity contribution in [2.45, 2.75) is 90.4 Å². The molecule has 174 valence electrons. The molecule has 1 amide bonds. The predicted molar refractivity (Wildman–Crippen MR) is 124 cm³/mol. The van der Waals surface area contributed by atoms with Crippen molar-refractivity contribution in [2.75, 3.05) is 6.54 Å². The summed E-state index contributed by atoms with van der Waals surface area (Å²) in [6.45, 7) is 8.27. The van der Waals surface area contributed by atoms with Crippen LogP contribution in [-0.2, 0) is 11.2 Å². The Morgan fingerprint density at radius 1 is 1.29 bits per heavy atom. The monoisotopic (exact) mass is 470 g/mol. The number of nitrogens with zero attached hydrogens (tertiary/aromatic N) is 2. The van der Waals surface area contributed by atoms with Gasteiger partial charge in [0.25, 0.3) is 0 Å². The number of carbonyl (C=O) groups is 1. The molecule has 0 bridgehead atoms. The second kappa shape index (κ2) is 9.94. The van der Waals surface area contributed by atoms with Crippen LogP contribution in [0.2, 0.25) is 10.0 Å². The Labute approximate surface area is 196 Å². The maximum atomic E-state index is 13.3. The van der Waals surface area contributed by atoms with E-state index in [9.17, 15) is 15.0 Å². The Kier molecular flexibility index (Phi) is 7.94. The summed E-state index contributed by atoms with van der Waals surface area (Å²) in [5, 5.41) is 20.7. The van der Waals surface area contributed by atoms with Crippen LogP contribution in [-0.4, -0.2) is 44.2 Å². The number of likely N-dealkylation sites (tertiary alicyclic amines) is 1. The number of fused-ring (bicyclic) bond motifs is 1. The topological polar surface area (TPSA) is 73.7 Å². The van der Waals surface area contributed by atoms with Gasteiger partial charge in [0.2, 0.25) is 5.91 Å². The van der Waals surface area contributed by atoms with Gasteiger partial charge in [-0.3, -0.25) is 9.78 Å². The molecular formula is C24H36Cl2N2O3. The van der Waals surface area contributed by atoms with E-state index in [0.29, 0.717) is 34.0 Å². The third-order valence-electron chi connectivity index (χ3n) is 7.35. The molecule has 0 aromatic carbocycles. The molecule has 2 aliphatic rings. The van der Waals surface area contributed by atoms with E-state index in [4.69, 9.17) is 23.2 Å². The highest BCUT2D eigenvalue weighted by molar-refractivity contribution is 6.36. The van der Waals surface area contributed by atoms with E-state index in [1.165, 1.54) is 19.0 Å². The summed E-state index contributed by atoms with van der Waals surface area (Å²) in [7, 11) is 0. The summed E-state index contributed by atoms with van der Waals surface area (Å²) < 4.78 is 0. The lowest BCUT2D eigenvalue weighted by atomic mass is 9.64.